The summed E-state index contributed by atoms with van der Waals surface area (Å²) >= 11 is 5.96. The minimum atomic E-state index is -4.48. The molecule has 0 saturated heterocycles. The smallest absolute Gasteiger partial charge is 0.416 e. The van der Waals surface area contributed by atoms with E-state index in [9.17, 15) is 22.8 Å². The summed E-state index contributed by atoms with van der Waals surface area (Å²) in [6, 6.07) is 6.74. The quantitative estimate of drug-likeness (QED) is 0.775. The lowest BCUT2D eigenvalue weighted by Gasteiger charge is -2.12. The van der Waals surface area contributed by atoms with Gasteiger partial charge in [-0.2, -0.15) is 13.2 Å². The normalized spacial score (nSPS) is 11.0. The van der Waals surface area contributed by atoms with Gasteiger partial charge in [-0.3, -0.25) is 9.59 Å². The molecule has 2 amide bonds. The van der Waals surface area contributed by atoms with Crippen LogP contribution >= 0.6 is 11.6 Å². The van der Waals surface area contributed by atoms with Gasteiger partial charge < -0.3 is 15.4 Å². The van der Waals surface area contributed by atoms with Crippen molar-refractivity contribution in [3.63, 3.8) is 0 Å². The second-order valence-corrected chi connectivity index (χ2v) is 5.69. The van der Waals surface area contributed by atoms with Gasteiger partial charge in [-0.25, -0.2) is 0 Å². The summed E-state index contributed by atoms with van der Waals surface area (Å²) in [4.78, 5) is 24.0. The number of hydrogen-bond acceptors (Lipinski definition) is 3. The summed E-state index contributed by atoms with van der Waals surface area (Å²) in [5.41, 5.74) is 0.0895. The lowest BCUT2D eigenvalue weighted by atomic mass is 10.2. The standard InChI is InChI=1S/C17H14ClF3N2O3/c1-9-7-13(14(26-2)8-12(9)18)23-16(25)15(24)22-11-5-3-10(4-6-11)17(19,20)21/h3-8H,1-2H3,(H,22,24)(H,23,25). The Morgan fingerprint density at radius 1 is 1.04 bits per heavy atom. The maximum Gasteiger partial charge on any atom is 0.416 e. The minimum Gasteiger partial charge on any atom is -0.495 e. The van der Waals surface area contributed by atoms with Crippen LogP contribution in [0.5, 0.6) is 5.75 Å². The number of carbonyl (C=O) groups excluding carboxylic acids is 2. The number of aryl methyl sites for hydroxylation is 1. The van der Waals surface area contributed by atoms with Gasteiger partial charge in [-0.15, -0.1) is 0 Å². The number of anilines is 2. The van der Waals surface area contributed by atoms with Crippen molar-refractivity contribution in [2.45, 2.75) is 13.1 Å². The van der Waals surface area contributed by atoms with Gasteiger partial charge in [0.2, 0.25) is 0 Å². The summed E-state index contributed by atoms with van der Waals surface area (Å²) < 4.78 is 42.6. The molecule has 2 N–H and O–H groups in total. The van der Waals surface area contributed by atoms with Crippen LogP contribution in [-0.2, 0) is 15.8 Å². The molecule has 0 fully saturated rings. The van der Waals surface area contributed by atoms with E-state index in [2.05, 4.69) is 10.6 Å². The molecule has 0 spiro atoms. The molecule has 0 saturated carbocycles. The zero-order valence-electron chi connectivity index (χ0n) is 13.7. The van der Waals surface area contributed by atoms with Crippen molar-refractivity contribution in [3.8, 4) is 5.75 Å². The van der Waals surface area contributed by atoms with Crippen molar-refractivity contribution < 1.29 is 27.5 Å². The number of benzene rings is 2. The van der Waals surface area contributed by atoms with Crippen molar-refractivity contribution in [3.05, 3.63) is 52.5 Å². The Balaban J connectivity index is 2.09. The van der Waals surface area contributed by atoms with Gasteiger partial charge in [0.15, 0.2) is 0 Å². The van der Waals surface area contributed by atoms with Gasteiger partial charge in [0.25, 0.3) is 0 Å². The monoisotopic (exact) mass is 386 g/mol. The number of carbonyl (C=O) groups is 2. The topological polar surface area (TPSA) is 67.4 Å². The van der Waals surface area contributed by atoms with E-state index in [1.54, 1.807) is 6.92 Å². The highest BCUT2D eigenvalue weighted by Gasteiger charge is 2.30. The molecule has 0 atom stereocenters. The Kier molecular flexibility index (Phi) is 5.76. The van der Waals surface area contributed by atoms with E-state index in [1.807, 2.05) is 0 Å². The molecule has 0 aromatic heterocycles. The summed E-state index contributed by atoms with van der Waals surface area (Å²) in [7, 11) is 1.37. The summed E-state index contributed by atoms with van der Waals surface area (Å²) in [6.45, 7) is 1.71. The van der Waals surface area contributed by atoms with E-state index in [0.29, 0.717) is 10.6 Å². The summed E-state index contributed by atoms with van der Waals surface area (Å²) in [5.74, 6) is -1.79. The molecule has 0 aliphatic heterocycles. The third-order valence-corrected chi connectivity index (χ3v) is 3.81. The number of hydrogen-bond donors (Lipinski definition) is 2. The summed E-state index contributed by atoms with van der Waals surface area (Å²) in [5, 5.41) is 5.01. The first-order chi connectivity index (χ1) is 12.1. The number of ether oxygens (including phenoxy) is 1. The van der Waals surface area contributed by atoms with Gasteiger partial charge in [-0.1, -0.05) is 11.6 Å². The van der Waals surface area contributed by atoms with Crippen LogP contribution in [0.3, 0.4) is 0 Å². The van der Waals surface area contributed by atoms with Crippen LogP contribution in [0.4, 0.5) is 24.5 Å². The lowest BCUT2D eigenvalue weighted by molar-refractivity contribution is -0.137. The van der Waals surface area contributed by atoms with Crippen LogP contribution in [0.1, 0.15) is 11.1 Å². The van der Waals surface area contributed by atoms with E-state index in [4.69, 9.17) is 16.3 Å². The van der Waals surface area contributed by atoms with Gasteiger partial charge in [0.05, 0.1) is 18.4 Å². The fourth-order valence-electron chi connectivity index (χ4n) is 2.04. The number of amides is 2. The highest BCUT2D eigenvalue weighted by Crippen LogP contribution is 2.31. The molecular formula is C17H14ClF3N2O3. The molecular weight excluding hydrogens is 373 g/mol. The van der Waals surface area contributed by atoms with Crippen molar-refractivity contribution in [1.82, 2.24) is 0 Å². The predicted octanol–water partition coefficient (Wildman–Crippen LogP) is 4.25. The maximum absolute atomic E-state index is 12.5. The van der Waals surface area contributed by atoms with E-state index >= 15 is 0 Å². The van der Waals surface area contributed by atoms with Crippen molar-refractivity contribution in [2.75, 3.05) is 17.7 Å². The number of alkyl halides is 3. The van der Waals surface area contributed by atoms with Crippen LogP contribution in [0.2, 0.25) is 5.02 Å². The zero-order chi connectivity index (χ0) is 19.5. The van der Waals surface area contributed by atoms with Crippen LogP contribution in [-0.4, -0.2) is 18.9 Å². The van der Waals surface area contributed by atoms with E-state index in [0.717, 1.165) is 24.3 Å². The fraction of sp³-hybridized carbons (Fsp3) is 0.176. The molecule has 2 aromatic rings. The Morgan fingerprint density at radius 3 is 2.15 bits per heavy atom. The fourth-order valence-corrected chi connectivity index (χ4v) is 2.19. The van der Waals surface area contributed by atoms with Gasteiger partial charge >= 0.3 is 18.0 Å². The number of methoxy groups -OCH3 is 1. The molecule has 138 valence electrons. The maximum atomic E-state index is 12.5. The molecule has 0 radical (unpaired) electrons. The molecule has 26 heavy (non-hydrogen) atoms. The van der Waals surface area contributed by atoms with Crippen LogP contribution < -0.4 is 15.4 Å². The van der Waals surface area contributed by atoms with E-state index < -0.39 is 23.6 Å². The average molecular weight is 387 g/mol. The van der Waals surface area contributed by atoms with Crippen molar-refractivity contribution >= 4 is 34.8 Å². The third-order valence-electron chi connectivity index (χ3n) is 3.41. The van der Waals surface area contributed by atoms with Crippen molar-refractivity contribution in [1.29, 1.82) is 0 Å². The first kappa shape index (κ1) is 19.6. The molecule has 2 aromatic carbocycles. The molecule has 0 unspecified atom stereocenters. The number of nitrogens with one attached hydrogen (secondary N) is 2. The van der Waals surface area contributed by atoms with E-state index in [1.165, 1.54) is 19.2 Å². The Morgan fingerprint density at radius 2 is 1.62 bits per heavy atom. The van der Waals surface area contributed by atoms with Crippen LogP contribution in [0.15, 0.2) is 36.4 Å². The highest BCUT2D eigenvalue weighted by atomic mass is 35.5. The molecule has 0 aliphatic carbocycles. The second-order valence-electron chi connectivity index (χ2n) is 5.29. The molecule has 2 rings (SSSR count). The largest absolute Gasteiger partial charge is 0.495 e. The molecule has 0 aliphatic rings. The second kappa shape index (κ2) is 7.65. The molecule has 5 nitrogen and oxygen atoms in total. The SMILES string of the molecule is COc1cc(Cl)c(C)cc1NC(=O)C(=O)Nc1ccc(C(F)(F)F)cc1. The predicted molar refractivity (Wildman–Crippen MR) is 91.4 cm³/mol. The Labute approximate surface area is 152 Å². The zero-order valence-corrected chi connectivity index (χ0v) is 14.5. The minimum absolute atomic E-state index is 0.0531. The van der Waals surface area contributed by atoms with Gasteiger partial charge in [0, 0.05) is 16.8 Å². The molecule has 9 heteroatoms. The van der Waals surface area contributed by atoms with Gasteiger partial charge in [0.1, 0.15) is 5.75 Å². The highest BCUT2D eigenvalue weighted by molar-refractivity contribution is 6.43. The molecule has 0 heterocycles. The first-order valence-corrected chi connectivity index (χ1v) is 7.63. The Hall–Kier alpha value is -2.74. The average Bonchev–Trinajstić information content (AvgIpc) is 2.57. The third kappa shape index (κ3) is 4.66. The number of rotatable bonds is 3. The lowest BCUT2D eigenvalue weighted by Crippen LogP contribution is -2.29. The number of halogens is 4. The summed E-state index contributed by atoms with van der Waals surface area (Å²) in [6.07, 6.45) is -4.48. The van der Waals surface area contributed by atoms with Crippen LogP contribution in [0, 0.1) is 6.92 Å². The first-order valence-electron chi connectivity index (χ1n) is 7.25. The van der Waals surface area contributed by atoms with Gasteiger partial charge in [-0.05, 0) is 42.8 Å². The van der Waals surface area contributed by atoms with Crippen molar-refractivity contribution in [2.24, 2.45) is 0 Å². The Bertz CT molecular complexity index is 836. The van der Waals surface area contributed by atoms with E-state index in [-0.39, 0.29) is 17.1 Å². The van der Waals surface area contributed by atoms with Crippen LogP contribution in [0.25, 0.3) is 0 Å². The molecule has 0 bridgehead atoms.